The third kappa shape index (κ3) is 0.734. The average Bonchev–Trinajstić information content (AvgIpc) is 2.17. The normalized spacial score (nSPS) is 26.7. The third-order valence-electron chi connectivity index (χ3n) is 1.03. The Balaban J connectivity index is 2.60. The van der Waals surface area contributed by atoms with Gasteiger partial charge in [-0.15, -0.1) is 0 Å². The van der Waals surface area contributed by atoms with E-state index in [4.69, 9.17) is 4.74 Å². The van der Waals surface area contributed by atoms with E-state index in [0.29, 0.717) is 6.10 Å². The van der Waals surface area contributed by atoms with Gasteiger partial charge in [0.1, 0.15) is 14.1 Å². The molecule has 2 nitrogen and oxygen atoms in total. The van der Waals surface area contributed by atoms with Crippen LogP contribution in [0.25, 0.3) is 0 Å². The summed E-state index contributed by atoms with van der Waals surface area (Å²) in [5, 5.41) is 0. The molecule has 0 aromatic carbocycles. The van der Waals surface area contributed by atoms with Crippen molar-refractivity contribution < 1.29 is 9.31 Å². The molecule has 1 aliphatic rings. The fourth-order valence-electron chi connectivity index (χ4n) is 0.616. The van der Waals surface area contributed by atoms with Crippen molar-refractivity contribution in [2.45, 2.75) is 13.0 Å². The Morgan fingerprint density at radius 1 is 1.57 bits per heavy atom. The second-order valence-electron chi connectivity index (χ2n) is 1.99. The molecular weight excluding hydrogens is 90.1 g/mol. The molecule has 1 saturated heterocycles. The van der Waals surface area contributed by atoms with Crippen molar-refractivity contribution in [3.8, 4) is 0 Å². The Labute approximate surface area is 43.4 Å². The molecule has 2 heteroatoms. The zero-order valence-corrected chi connectivity index (χ0v) is 4.93. The SMILES string of the molecule is CC1OC1=[N+](C)C. The summed E-state index contributed by atoms with van der Waals surface area (Å²) in [5.74, 6) is 1.10. The maximum Gasteiger partial charge on any atom is 0.378 e. The smallest absolute Gasteiger partial charge is 0.378 e. The summed E-state index contributed by atoms with van der Waals surface area (Å²) in [6.45, 7) is 2.04. The van der Waals surface area contributed by atoms with E-state index in [9.17, 15) is 0 Å². The molecular formula is C5H10NO+. The van der Waals surface area contributed by atoms with Gasteiger partial charge in [-0.25, -0.2) is 4.58 Å². The molecule has 0 saturated carbocycles. The van der Waals surface area contributed by atoms with Gasteiger partial charge < -0.3 is 4.74 Å². The highest BCUT2D eigenvalue weighted by atomic mass is 16.6. The first-order valence-electron chi connectivity index (χ1n) is 2.42. The van der Waals surface area contributed by atoms with Gasteiger partial charge in [0.25, 0.3) is 0 Å². The molecule has 0 spiro atoms. The molecule has 1 rings (SSSR count). The predicted octanol–water partition coefficient (Wildman–Crippen LogP) is 0.0757. The van der Waals surface area contributed by atoms with E-state index < -0.39 is 0 Å². The Morgan fingerprint density at radius 3 is 2.00 bits per heavy atom. The van der Waals surface area contributed by atoms with E-state index >= 15 is 0 Å². The largest absolute Gasteiger partial charge is 0.427 e. The van der Waals surface area contributed by atoms with Gasteiger partial charge in [0.15, 0.2) is 0 Å². The molecule has 0 bridgehead atoms. The summed E-state index contributed by atoms with van der Waals surface area (Å²) in [5.41, 5.74) is 0. The van der Waals surface area contributed by atoms with Crippen LogP contribution in [0, 0.1) is 0 Å². The summed E-state index contributed by atoms with van der Waals surface area (Å²) in [7, 11) is 3.97. The number of ether oxygens (including phenoxy) is 1. The molecule has 1 aliphatic heterocycles. The van der Waals surface area contributed by atoms with E-state index in [0.717, 1.165) is 5.90 Å². The number of rotatable bonds is 0. The fourth-order valence-corrected chi connectivity index (χ4v) is 0.616. The molecule has 0 aromatic heterocycles. The molecule has 1 atom stereocenters. The van der Waals surface area contributed by atoms with Crippen LogP contribution >= 0.6 is 0 Å². The fraction of sp³-hybridized carbons (Fsp3) is 0.800. The second kappa shape index (κ2) is 1.22. The minimum atomic E-state index is 0.384. The van der Waals surface area contributed by atoms with Crippen LogP contribution in [-0.4, -0.2) is 30.7 Å². The van der Waals surface area contributed by atoms with Crippen molar-refractivity contribution in [1.82, 2.24) is 0 Å². The van der Waals surface area contributed by atoms with Crippen LogP contribution in [0.3, 0.4) is 0 Å². The van der Waals surface area contributed by atoms with Crippen molar-refractivity contribution >= 4 is 5.90 Å². The van der Waals surface area contributed by atoms with Crippen molar-refractivity contribution in [2.75, 3.05) is 14.1 Å². The maximum atomic E-state index is 5.02. The van der Waals surface area contributed by atoms with E-state index in [1.807, 2.05) is 25.6 Å². The molecule has 0 radical (unpaired) electrons. The summed E-state index contributed by atoms with van der Waals surface area (Å²) in [6.07, 6.45) is 0.384. The Kier molecular flexibility index (Phi) is 0.805. The van der Waals surface area contributed by atoms with Crippen LogP contribution in [0.2, 0.25) is 0 Å². The van der Waals surface area contributed by atoms with Gasteiger partial charge in [-0.3, -0.25) is 0 Å². The average molecular weight is 100 g/mol. The monoisotopic (exact) mass is 100 g/mol. The van der Waals surface area contributed by atoms with E-state index in [2.05, 4.69) is 0 Å². The van der Waals surface area contributed by atoms with E-state index in [-0.39, 0.29) is 0 Å². The first-order chi connectivity index (χ1) is 3.22. The molecule has 0 aliphatic carbocycles. The van der Waals surface area contributed by atoms with Gasteiger partial charge in [-0.2, -0.15) is 0 Å². The highest BCUT2D eigenvalue weighted by Crippen LogP contribution is 2.10. The predicted molar refractivity (Wildman–Crippen MR) is 27.7 cm³/mol. The lowest BCUT2D eigenvalue weighted by molar-refractivity contribution is -0.465. The van der Waals surface area contributed by atoms with Crippen molar-refractivity contribution in [2.24, 2.45) is 0 Å². The van der Waals surface area contributed by atoms with Gasteiger partial charge in [0.05, 0.1) is 0 Å². The van der Waals surface area contributed by atoms with Crippen LogP contribution in [0.15, 0.2) is 0 Å². The molecule has 0 aromatic rings. The first-order valence-corrected chi connectivity index (χ1v) is 2.42. The Morgan fingerprint density at radius 2 is 2.00 bits per heavy atom. The van der Waals surface area contributed by atoms with Crippen molar-refractivity contribution in [3.63, 3.8) is 0 Å². The quantitative estimate of drug-likeness (QED) is 0.311. The lowest BCUT2D eigenvalue weighted by Gasteiger charge is -1.70. The molecule has 1 unspecified atom stereocenters. The van der Waals surface area contributed by atoms with E-state index in [1.54, 1.807) is 0 Å². The Bertz CT molecular complexity index is 113. The molecule has 0 N–H and O–H groups in total. The van der Waals surface area contributed by atoms with Crippen molar-refractivity contribution in [1.29, 1.82) is 0 Å². The van der Waals surface area contributed by atoms with Gasteiger partial charge >= 0.3 is 5.90 Å². The summed E-state index contributed by atoms with van der Waals surface area (Å²) >= 11 is 0. The topological polar surface area (TPSA) is 15.5 Å². The lowest BCUT2D eigenvalue weighted by Crippen LogP contribution is -2.00. The number of hydrogen-bond acceptors (Lipinski definition) is 1. The van der Waals surface area contributed by atoms with Crippen molar-refractivity contribution in [3.05, 3.63) is 0 Å². The van der Waals surface area contributed by atoms with Gasteiger partial charge in [-0.05, 0) is 6.92 Å². The highest BCUT2D eigenvalue weighted by Gasteiger charge is 2.37. The number of hydrogen-bond donors (Lipinski definition) is 0. The third-order valence-corrected chi connectivity index (χ3v) is 1.03. The minimum absolute atomic E-state index is 0.384. The minimum Gasteiger partial charge on any atom is -0.427 e. The van der Waals surface area contributed by atoms with Gasteiger partial charge in [-0.1, -0.05) is 0 Å². The molecule has 1 fully saturated rings. The van der Waals surface area contributed by atoms with Crippen LogP contribution in [0.1, 0.15) is 6.92 Å². The maximum absolute atomic E-state index is 5.02. The van der Waals surface area contributed by atoms with E-state index in [1.165, 1.54) is 0 Å². The summed E-state index contributed by atoms with van der Waals surface area (Å²) in [4.78, 5) is 0. The molecule has 0 amide bonds. The van der Waals surface area contributed by atoms with Crippen LogP contribution in [-0.2, 0) is 4.74 Å². The molecule has 1 heterocycles. The zero-order valence-electron chi connectivity index (χ0n) is 4.93. The lowest BCUT2D eigenvalue weighted by atomic mass is 10.5. The summed E-state index contributed by atoms with van der Waals surface area (Å²) < 4.78 is 7.01. The van der Waals surface area contributed by atoms with Crippen LogP contribution < -0.4 is 0 Å². The van der Waals surface area contributed by atoms with Gasteiger partial charge in [0.2, 0.25) is 6.10 Å². The first kappa shape index (κ1) is 4.62. The standard InChI is InChI=1S/C5H10NO/c1-4-5(7-4)6(2)3/h4H,1-3H3/q+1. The van der Waals surface area contributed by atoms with Crippen LogP contribution in [0.4, 0.5) is 0 Å². The Hall–Kier alpha value is -0.530. The van der Waals surface area contributed by atoms with Gasteiger partial charge in [0, 0.05) is 0 Å². The number of epoxide rings is 1. The summed E-state index contributed by atoms with van der Waals surface area (Å²) in [6, 6.07) is 0. The zero-order chi connectivity index (χ0) is 5.44. The molecule has 40 valence electrons. The van der Waals surface area contributed by atoms with Crippen LogP contribution in [0.5, 0.6) is 0 Å². The molecule has 7 heavy (non-hydrogen) atoms. The number of nitrogens with zero attached hydrogens (tertiary/aromatic N) is 1. The second-order valence-corrected chi connectivity index (χ2v) is 1.99. The highest BCUT2D eigenvalue weighted by molar-refractivity contribution is 5.87.